The van der Waals surface area contributed by atoms with Crippen LogP contribution in [0.25, 0.3) is 21.9 Å². The van der Waals surface area contributed by atoms with E-state index in [1.807, 2.05) is 0 Å². The third-order valence-electron chi connectivity index (χ3n) is 4.39. The van der Waals surface area contributed by atoms with Crippen molar-refractivity contribution in [2.45, 2.75) is 21.3 Å². The van der Waals surface area contributed by atoms with Crippen molar-refractivity contribution in [1.29, 1.82) is 0 Å². The molecule has 0 saturated carbocycles. The minimum absolute atomic E-state index is 0. The minimum atomic E-state index is -0.840. The van der Waals surface area contributed by atoms with Gasteiger partial charge in [-0.15, -0.1) is 0 Å². The van der Waals surface area contributed by atoms with Gasteiger partial charge in [0.1, 0.15) is 11.4 Å². The number of nitrogens with two attached hydrogens (primary N) is 1. The summed E-state index contributed by atoms with van der Waals surface area (Å²) in [5, 5.41) is 16.6. The lowest BCUT2D eigenvalue weighted by atomic mass is 10.2. The maximum Gasteiger partial charge on any atom is 0.360 e. The highest BCUT2D eigenvalue weighted by molar-refractivity contribution is 9.10. The van der Waals surface area contributed by atoms with Crippen LogP contribution in [-0.4, -0.2) is 16.7 Å². The standard InChI is InChI=1S/C11H7BrN2O5.C11H10N2O3.CH4.H2/c1-5(15)13-8-3-6-2-7(12)4-9(14(17)18)10(6)19-11(8)16;1-6(14)13-9-5-7-3-2-4-8(12)10(7)16-11(9)15;;/h2-4H,1H3,(H,13,15);2-5H,12H2,1H3,(H,13,14);1H4;1H. The van der Waals surface area contributed by atoms with Gasteiger partial charge in [-0.2, -0.15) is 0 Å². The first-order chi connectivity index (χ1) is 16.5. The molecule has 4 rings (SSSR count). The molecule has 0 atom stereocenters. The second-order valence-corrected chi connectivity index (χ2v) is 8.04. The highest BCUT2D eigenvalue weighted by Crippen LogP contribution is 2.30. The first kappa shape index (κ1) is 27.7. The number of hydrogen-bond acceptors (Lipinski definition) is 9. The van der Waals surface area contributed by atoms with Crippen LogP contribution in [0.4, 0.5) is 22.7 Å². The molecule has 13 heteroatoms. The Labute approximate surface area is 212 Å². The Bertz CT molecular complexity index is 1620. The number of hydrogen-bond donors (Lipinski definition) is 3. The maximum absolute atomic E-state index is 11.6. The first-order valence-corrected chi connectivity index (χ1v) is 10.5. The fourth-order valence-corrected chi connectivity index (χ4v) is 3.50. The van der Waals surface area contributed by atoms with Crippen molar-refractivity contribution in [1.82, 2.24) is 0 Å². The van der Waals surface area contributed by atoms with Crippen molar-refractivity contribution in [3.63, 3.8) is 0 Å². The number of nitrogens with one attached hydrogen (secondary N) is 2. The van der Waals surface area contributed by atoms with Crippen molar-refractivity contribution < 1.29 is 24.8 Å². The van der Waals surface area contributed by atoms with E-state index in [9.17, 15) is 29.3 Å². The van der Waals surface area contributed by atoms with E-state index >= 15 is 0 Å². The van der Waals surface area contributed by atoms with Gasteiger partial charge in [-0.1, -0.05) is 35.5 Å². The van der Waals surface area contributed by atoms with E-state index in [4.69, 9.17) is 14.6 Å². The number of amides is 2. The quantitative estimate of drug-likeness (QED) is 0.138. The predicted octanol–water partition coefficient (Wildman–Crippen LogP) is 4.64. The van der Waals surface area contributed by atoms with Gasteiger partial charge in [0.25, 0.3) is 0 Å². The summed E-state index contributed by atoms with van der Waals surface area (Å²) in [6, 6.07) is 10.8. The van der Waals surface area contributed by atoms with Gasteiger partial charge in [-0.25, -0.2) is 9.59 Å². The predicted molar refractivity (Wildman–Crippen MR) is 141 cm³/mol. The smallest absolute Gasteiger partial charge is 0.360 e. The Morgan fingerprint density at radius 2 is 1.47 bits per heavy atom. The third-order valence-corrected chi connectivity index (χ3v) is 4.84. The van der Waals surface area contributed by atoms with Crippen molar-refractivity contribution in [2.24, 2.45) is 0 Å². The number of carbonyl (C=O) groups is 2. The molecule has 0 aliphatic carbocycles. The second kappa shape index (κ2) is 11.3. The molecular formula is C23H23BrN4O8. The third kappa shape index (κ3) is 6.33. The average Bonchev–Trinajstić information content (AvgIpc) is 2.75. The van der Waals surface area contributed by atoms with Gasteiger partial charge in [0.05, 0.1) is 10.6 Å². The van der Waals surface area contributed by atoms with E-state index < -0.39 is 22.1 Å². The number of carbonyl (C=O) groups excluding carboxylic acids is 2. The van der Waals surface area contributed by atoms with Crippen molar-refractivity contribution in [2.75, 3.05) is 16.4 Å². The van der Waals surface area contributed by atoms with Crippen LogP contribution in [0, 0.1) is 10.1 Å². The number of rotatable bonds is 3. The van der Waals surface area contributed by atoms with Crippen molar-refractivity contribution >= 4 is 72.4 Å². The number of para-hydroxylation sites is 1. The van der Waals surface area contributed by atoms with Gasteiger partial charge in [0.2, 0.25) is 17.4 Å². The molecule has 0 aliphatic rings. The normalized spacial score (nSPS) is 10.1. The zero-order chi connectivity index (χ0) is 25.9. The minimum Gasteiger partial charge on any atom is -0.419 e. The molecule has 4 N–H and O–H groups in total. The van der Waals surface area contributed by atoms with Crippen LogP contribution in [0.5, 0.6) is 0 Å². The summed E-state index contributed by atoms with van der Waals surface area (Å²) in [5.74, 6) is -0.758. The maximum atomic E-state index is 11.6. The van der Waals surface area contributed by atoms with E-state index in [-0.39, 0.29) is 37.4 Å². The number of nitrogen functional groups attached to an aromatic ring is 1. The number of nitrogens with zero attached hydrogens (tertiary/aromatic N) is 1. The Morgan fingerprint density at radius 1 is 0.944 bits per heavy atom. The molecule has 0 aliphatic heterocycles. The second-order valence-electron chi connectivity index (χ2n) is 7.12. The number of halogens is 1. The molecule has 0 saturated heterocycles. The van der Waals surface area contributed by atoms with Gasteiger partial charge in [-0.05, 0) is 24.3 Å². The fraction of sp³-hybridized carbons (Fsp3) is 0.130. The zero-order valence-electron chi connectivity index (χ0n) is 18.2. The van der Waals surface area contributed by atoms with E-state index in [1.54, 1.807) is 30.3 Å². The van der Waals surface area contributed by atoms with E-state index in [1.165, 1.54) is 26.0 Å². The van der Waals surface area contributed by atoms with Gasteiger partial charge in [-0.3, -0.25) is 19.7 Å². The molecule has 0 radical (unpaired) electrons. The number of anilines is 3. The van der Waals surface area contributed by atoms with Gasteiger partial charge < -0.3 is 25.2 Å². The molecule has 2 amide bonds. The van der Waals surface area contributed by atoms with Crippen LogP contribution >= 0.6 is 15.9 Å². The molecule has 0 bridgehead atoms. The Kier molecular flexibility index (Phi) is 8.68. The van der Waals surface area contributed by atoms with Gasteiger partial charge in [0.15, 0.2) is 5.58 Å². The summed E-state index contributed by atoms with van der Waals surface area (Å²) in [6.07, 6.45) is 0. The van der Waals surface area contributed by atoms with E-state index in [2.05, 4.69) is 26.6 Å². The summed E-state index contributed by atoms with van der Waals surface area (Å²) in [7, 11) is 0. The van der Waals surface area contributed by atoms with Crippen molar-refractivity contribution in [3.05, 3.63) is 77.9 Å². The summed E-state index contributed by atoms with van der Waals surface area (Å²) in [6.45, 7) is 2.57. The van der Waals surface area contributed by atoms with Crippen LogP contribution in [-0.2, 0) is 9.59 Å². The lowest BCUT2D eigenvalue weighted by molar-refractivity contribution is -0.383. The van der Waals surface area contributed by atoms with Crippen LogP contribution < -0.4 is 27.6 Å². The molecule has 12 nitrogen and oxygen atoms in total. The van der Waals surface area contributed by atoms with Gasteiger partial charge >= 0.3 is 16.9 Å². The van der Waals surface area contributed by atoms with Crippen LogP contribution in [0.3, 0.4) is 0 Å². The molecule has 190 valence electrons. The SMILES string of the molecule is C.CC(=O)Nc1cc2cc(Br)cc([N+](=O)[O-])c2oc1=O.CC(=O)Nc1cc2cccc(N)c2oc1=O.[HH]. The monoisotopic (exact) mass is 562 g/mol. The molecule has 2 aromatic heterocycles. The number of nitro benzene ring substituents is 1. The van der Waals surface area contributed by atoms with Crippen molar-refractivity contribution in [3.8, 4) is 0 Å². The highest BCUT2D eigenvalue weighted by Gasteiger charge is 2.18. The first-order valence-electron chi connectivity index (χ1n) is 9.75. The molecule has 2 aromatic carbocycles. The summed E-state index contributed by atoms with van der Waals surface area (Å²) in [4.78, 5) is 55.1. The number of benzene rings is 2. The Morgan fingerprint density at radius 3 is 2.00 bits per heavy atom. The topological polar surface area (TPSA) is 188 Å². The van der Waals surface area contributed by atoms with Crippen LogP contribution in [0.1, 0.15) is 22.7 Å². The summed E-state index contributed by atoms with van der Waals surface area (Å²) >= 11 is 3.13. The largest absolute Gasteiger partial charge is 0.419 e. The number of fused-ring (bicyclic) bond motifs is 2. The molecule has 0 fully saturated rings. The molecule has 0 spiro atoms. The molecule has 36 heavy (non-hydrogen) atoms. The molecule has 0 unspecified atom stereocenters. The Hall–Kier alpha value is -4.52. The summed E-state index contributed by atoms with van der Waals surface area (Å²) in [5.41, 5.74) is 4.53. The Balaban J connectivity index is 0.000000355. The fourth-order valence-electron chi connectivity index (χ4n) is 3.04. The lowest BCUT2D eigenvalue weighted by Gasteiger charge is -2.03. The van der Waals surface area contributed by atoms with E-state index in [0.29, 0.717) is 26.5 Å². The zero-order valence-corrected chi connectivity index (χ0v) is 19.8. The highest BCUT2D eigenvalue weighted by atomic mass is 79.9. The lowest BCUT2D eigenvalue weighted by Crippen LogP contribution is -2.14. The molecular weight excluding hydrogens is 540 g/mol. The number of nitro groups is 1. The molecule has 2 heterocycles. The summed E-state index contributed by atoms with van der Waals surface area (Å²) < 4.78 is 10.4. The average molecular weight is 563 g/mol. The molecule has 4 aromatic rings. The number of non-ortho nitro benzene ring substituents is 1. The van der Waals surface area contributed by atoms with Crippen LogP contribution in [0.2, 0.25) is 0 Å². The van der Waals surface area contributed by atoms with Crippen LogP contribution in [0.15, 0.2) is 65.4 Å². The van der Waals surface area contributed by atoms with E-state index in [0.717, 1.165) is 0 Å². The van der Waals surface area contributed by atoms with Gasteiger partial charge in [0, 0.05) is 36.6 Å².